The number of ether oxygens (including phenoxy) is 1. The summed E-state index contributed by atoms with van der Waals surface area (Å²) in [5.74, 6) is 0.405. The van der Waals surface area contributed by atoms with Gasteiger partial charge in [-0.1, -0.05) is 11.6 Å². The molecule has 2 atom stereocenters. The van der Waals surface area contributed by atoms with Gasteiger partial charge in [0.1, 0.15) is 10.6 Å². The lowest BCUT2D eigenvalue weighted by atomic mass is 10.1. The van der Waals surface area contributed by atoms with E-state index in [1.54, 1.807) is 12.1 Å². The molecule has 0 saturated carbocycles. The lowest BCUT2D eigenvalue weighted by Gasteiger charge is -2.38. The van der Waals surface area contributed by atoms with Crippen LogP contribution in [-0.2, 0) is 10.0 Å². The standard InChI is InChI=1S/C19H22ClN5O4S/c1-11-9-25(10-12(2)21-11)13-4-6-16(28-3)15(8-13)24-30(26,27)17-7-5-14(20)18-19(17)23-29-22-18/h4-8,11-12,21,24H,9-10H2,1-3H3. The van der Waals surface area contributed by atoms with Gasteiger partial charge in [-0.05, 0) is 54.5 Å². The van der Waals surface area contributed by atoms with Gasteiger partial charge < -0.3 is 15.0 Å². The summed E-state index contributed by atoms with van der Waals surface area (Å²) < 4.78 is 39.0. The average molecular weight is 452 g/mol. The summed E-state index contributed by atoms with van der Waals surface area (Å²) in [6, 6.07) is 8.89. The second kappa shape index (κ2) is 7.93. The number of nitrogens with one attached hydrogen (secondary N) is 2. The van der Waals surface area contributed by atoms with Crippen molar-refractivity contribution in [3.05, 3.63) is 35.4 Å². The molecule has 2 aromatic carbocycles. The molecule has 1 aliphatic rings. The van der Waals surface area contributed by atoms with E-state index in [2.05, 4.69) is 43.7 Å². The zero-order valence-electron chi connectivity index (χ0n) is 16.7. The van der Waals surface area contributed by atoms with Crippen molar-refractivity contribution in [2.45, 2.75) is 30.8 Å². The summed E-state index contributed by atoms with van der Waals surface area (Å²) in [6.07, 6.45) is 0. The quantitative estimate of drug-likeness (QED) is 0.609. The van der Waals surface area contributed by atoms with E-state index in [1.165, 1.54) is 19.2 Å². The molecule has 4 rings (SSSR count). The maximum Gasteiger partial charge on any atom is 0.264 e. The molecule has 1 aliphatic heterocycles. The van der Waals surface area contributed by atoms with Crippen molar-refractivity contribution in [3.63, 3.8) is 0 Å². The second-order valence-corrected chi connectivity index (χ2v) is 9.43. The van der Waals surface area contributed by atoms with Crippen LogP contribution in [-0.4, -0.2) is 51.0 Å². The summed E-state index contributed by atoms with van der Waals surface area (Å²) >= 11 is 6.05. The van der Waals surface area contributed by atoms with Gasteiger partial charge >= 0.3 is 0 Å². The topological polar surface area (TPSA) is 110 Å². The lowest BCUT2D eigenvalue weighted by Crippen LogP contribution is -2.54. The zero-order valence-corrected chi connectivity index (χ0v) is 18.3. The molecule has 1 fully saturated rings. The molecule has 0 bridgehead atoms. The zero-order chi connectivity index (χ0) is 21.5. The van der Waals surface area contributed by atoms with Crippen LogP contribution in [0.5, 0.6) is 5.75 Å². The number of benzene rings is 2. The molecule has 1 aromatic heterocycles. The Hall–Kier alpha value is -2.56. The van der Waals surface area contributed by atoms with Crippen LogP contribution in [0.1, 0.15) is 13.8 Å². The van der Waals surface area contributed by atoms with Gasteiger partial charge in [-0.25, -0.2) is 13.0 Å². The Morgan fingerprint density at radius 1 is 1.17 bits per heavy atom. The Balaban J connectivity index is 1.71. The monoisotopic (exact) mass is 451 g/mol. The third-order valence-corrected chi connectivity index (χ3v) is 6.67. The second-order valence-electron chi connectivity index (χ2n) is 7.37. The number of nitrogens with zero attached hydrogens (tertiary/aromatic N) is 3. The molecule has 30 heavy (non-hydrogen) atoms. The van der Waals surface area contributed by atoms with Crippen molar-refractivity contribution >= 4 is 44.0 Å². The van der Waals surface area contributed by atoms with Crippen LogP contribution in [0, 0.1) is 0 Å². The number of hydrogen-bond donors (Lipinski definition) is 2. The third-order valence-electron chi connectivity index (χ3n) is 4.97. The smallest absolute Gasteiger partial charge is 0.264 e. The number of halogens is 1. The molecular formula is C19H22ClN5O4S. The minimum atomic E-state index is -4.01. The maximum absolute atomic E-state index is 13.1. The number of sulfonamides is 1. The highest BCUT2D eigenvalue weighted by Gasteiger charge is 2.25. The fraction of sp³-hybridized carbons (Fsp3) is 0.368. The van der Waals surface area contributed by atoms with Crippen LogP contribution in [0.3, 0.4) is 0 Å². The van der Waals surface area contributed by atoms with E-state index in [9.17, 15) is 8.42 Å². The molecule has 160 valence electrons. The molecule has 2 N–H and O–H groups in total. The molecule has 0 amide bonds. The first-order valence-corrected chi connectivity index (χ1v) is 11.3. The van der Waals surface area contributed by atoms with Crippen molar-refractivity contribution in [3.8, 4) is 5.75 Å². The number of anilines is 2. The molecule has 2 unspecified atom stereocenters. The van der Waals surface area contributed by atoms with Crippen molar-refractivity contribution in [1.29, 1.82) is 0 Å². The summed E-state index contributed by atoms with van der Waals surface area (Å²) in [7, 11) is -2.52. The third kappa shape index (κ3) is 3.90. The van der Waals surface area contributed by atoms with Gasteiger partial charge in [0.05, 0.1) is 17.8 Å². The Bertz CT molecular complexity index is 1170. The first-order chi connectivity index (χ1) is 14.3. The van der Waals surface area contributed by atoms with Crippen LogP contribution in [0.25, 0.3) is 11.0 Å². The van der Waals surface area contributed by atoms with Crippen molar-refractivity contribution < 1.29 is 17.8 Å². The van der Waals surface area contributed by atoms with Gasteiger partial charge in [0.15, 0.2) is 11.0 Å². The van der Waals surface area contributed by atoms with Crippen LogP contribution in [0.15, 0.2) is 39.9 Å². The molecule has 11 heteroatoms. The first kappa shape index (κ1) is 20.7. The largest absolute Gasteiger partial charge is 0.495 e. The number of piperazine rings is 1. The predicted molar refractivity (Wildman–Crippen MR) is 115 cm³/mol. The van der Waals surface area contributed by atoms with Gasteiger partial charge in [-0.2, -0.15) is 0 Å². The van der Waals surface area contributed by atoms with Crippen molar-refractivity contribution in [2.24, 2.45) is 0 Å². The van der Waals surface area contributed by atoms with Gasteiger partial charge in [0.2, 0.25) is 0 Å². The van der Waals surface area contributed by atoms with Crippen LogP contribution >= 0.6 is 11.6 Å². The Kier molecular flexibility index (Phi) is 5.48. The molecular weight excluding hydrogens is 430 g/mol. The summed E-state index contributed by atoms with van der Waals surface area (Å²) in [5.41, 5.74) is 1.48. The van der Waals surface area contributed by atoms with E-state index in [1.807, 2.05) is 6.07 Å². The Morgan fingerprint density at radius 2 is 1.87 bits per heavy atom. The number of hydrogen-bond acceptors (Lipinski definition) is 8. The summed E-state index contributed by atoms with van der Waals surface area (Å²) in [6.45, 7) is 5.86. The van der Waals surface area contributed by atoms with E-state index >= 15 is 0 Å². The van der Waals surface area contributed by atoms with Crippen LogP contribution in [0.2, 0.25) is 5.02 Å². The normalized spacial score (nSPS) is 19.8. The van der Waals surface area contributed by atoms with Crippen LogP contribution < -0.4 is 19.7 Å². The maximum atomic E-state index is 13.1. The van der Waals surface area contributed by atoms with Crippen molar-refractivity contribution in [2.75, 3.05) is 29.8 Å². The lowest BCUT2D eigenvalue weighted by molar-refractivity contribution is 0.315. The van der Waals surface area contributed by atoms with Gasteiger partial charge in [0.25, 0.3) is 10.0 Å². The van der Waals surface area contributed by atoms with Gasteiger partial charge in [-0.15, -0.1) is 0 Å². The summed E-state index contributed by atoms with van der Waals surface area (Å²) in [5, 5.41) is 11.1. The number of fused-ring (bicyclic) bond motifs is 1. The molecule has 0 spiro atoms. The molecule has 3 aromatic rings. The molecule has 2 heterocycles. The van der Waals surface area contributed by atoms with E-state index in [0.717, 1.165) is 18.8 Å². The van der Waals surface area contributed by atoms with Crippen LogP contribution in [0.4, 0.5) is 11.4 Å². The average Bonchev–Trinajstić information content (AvgIpc) is 3.17. The highest BCUT2D eigenvalue weighted by atomic mass is 35.5. The van der Waals surface area contributed by atoms with E-state index in [-0.39, 0.29) is 21.0 Å². The van der Waals surface area contributed by atoms with Gasteiger partial charge in [-0.3, -0.25) is 4.72 Å². The highest BCUT2D eigenvalue weighted by molar-refractivity contribution is 7.93. The first-order valence-electron chi connectivity index (χ1n) is 9.41. The van der Waals surface area contributed by atoms with E-state index in [0.29, 0.717) is 23.5 Å². The molecule has 1 saturated heterocycles. The molecule has 0 radical (unpaired) electrons. The minimum absolute atomic E-state index is 0.0647. The number of rotatable bonds is 5. The predicted octanol–water partition coefficient (Wildman–Crippen LogP) is 2.87. The number of methoxy groups -OCH3 is 1. The fourth-order valence-corrected chi connectivity index (χ4v) is 5.12. The Labute approximate surface area is 179 Å². The van der Waals surface area contributed by atoms with E-state index < -0.39 is 10.0 Å². The Morgan fingerprint density at radius 3 is 2.57 bits per heavy atom. The summed E-state index contributed by atoms with van der Waals surface area (Å²) in [4.78, 5) is 2.13. The highest BCUT2D eigenvalue weighted by Crippen LogP contribution is 2.34. The fourth-order valence-electron chi connectivity index (χ4n) is 3.74. The molecule has 0 aliphatic carbocycles. The van der Waals surface area contributed by atoms with Crippen molar-refractivity contribution in [1.82, 2.24) is 15.6 Å². The van der Waals surface area contributed by atoms with Gasteiger partial charge in [0, 0.05) is 30.9 Å². The SMILES string of the molecule is COc1ccc(N2CC(C)NC(C)C2)cc1NS(=O)(=O)c1ccc(Cl)c2nonc12. The minimum Gasteiger partial charge on any atom is -0.495 e. The molecule has 9 nitrogen and oxygen atoms in total. The van der Waals surface area contributed by atoms with E-state index in [4.69, 9.17) is 16.3 Å². The number of aromatic nitrogens is 2.